The van der Waals surface area contributed by atoms with Crippen LogP contribution >= 0.6 is 0 Å². The third-order valence-electron chi connectivity index (χ3n) is 3.74. The highest BCUT2D eigenvalue weighted by Gasteiger charge is 2.11. The summed E-state index contributed by atoms with van der Waals surface area (Å²) in [5, 5.41) is 15.2. The minimum absolute atomic E-state index is 0.191. The number of amides is 2. The molecule has 0 saturated heterocycles. The molecule has 0 heterocycles. The number of esters is 1. The number of hydrogen-bond donors (Lipinski definition) is 3. The summed E-state index contributed by atoms with van der Waals surface area (Å²) in [4.78, 5) is 34.7. The lowest BCUT2D eigenvalue weighted by molar-refractivity contribution is -0.116. The number of benzene rings is 2. The van der Waals surface area contributed by atoms with Gasteiger partial charge in [0.1, 0.15) is 5.75 Å². The summed E-state index contributed by atoms with van der Waals surface area (Å²) >= 11 is 0. The Balaban J connectivity index is 1.90. The van der Waals surface area contributed by atoms with E-state index in [0.717, 1.165) is 5.56 Å². The van der Waals surface area contributed by atoms with Crippen LogP contribution in [0.4, 0.5) is 11.4 Å². The highest BCUT2D eigenvalue weighted by molar-refractivity contribution is 5.99. The lowest BCUT2D eigenvalue weighted by Crippen LogP contribution is -2.13. The van der Waals surface area contributed by atoms with E-state index in [1.165, 1.54) is 31.4 Å². The monoisotopic (exact) mass is 368 g/mol. The van der Waals surface area contributed by atoms with Gasteiger partial charge < -0.3 is 20.5 Å². The van der Waals surface area contributed by atoms with Gasteiger partial charge >= 0.3 is 5.97 Å². The highest BCUT2D eigenvalue weighted by Crippen LogP contribution is 2.25. The molecule has 2 aromatic rings. The van der Waals surface area contributed by atoms with Crippen LogP contribution < -0.4 is 10.6 Å². The smallest absolute Gasteiger partial charge is 0.337 e. The largest absolute Gasteiger partial charge is 0.506 e. The summed E-state index contributed by atoms with van der Waals surface area (Å²) in [6, 6.07) is 11.2. The van der Waals surface area contributed by atoms with Crippen molar-refractivity contribution in [3.63, 3.8) is 0 Å². The maximum atomic E-state index is 12.1. The first-order valence-electron chi connectivity index (χ1n) is 8.16. The SMILES string of the molecule is C=CC(=O)Nc1ccc(CCC(=O)Nc2ccc(C(=O)OC)cc2O)cc1. The average molecular weight is 368 g/mol. The zero-order valence-electron chi connectivity index (χ0n) is 14.8. The second-order valence-electron chi connectivity index (χ2n) is 5.66. The standard InChI is InChI=1S/C20H20N2O5/c1-3-18(24)21-15-8-4-13(5-9-15)6-11-19(25)22-16-10-7-14(12-17(16)23)20(26)27-2/h3-5,7-10,12,23H,1,6,11H2,2H3,(H,21,24)(H,22,25). The van der Waals surface area contributed by atoms with Crippen molar-refractivity contribution in [1.82, 2.24) is 0 Å². The van der Waals surface area contributed by atoms with Gasteiger partial charge in [-0.15, -0.1) is 0 Å². The van der Waals surface area contributed by atoms with Crippen molar-refractivity contribution in [3.8, 4) is 5.75 Å². The Kier molecular flexibility index (Phi) is 6.71. The molecule has 0 saturated carbocycles. The fourth-order valence-electron chi connectivity index (χ4n) is 2.30. The van der Waals surface area contributed by atoms with Crippen molar-refractivity contribution in [3.05, 3.63) is 66.2 Å². The van der Waals surface area contributed by atoms with Crippen LogP contribution in [-0.2, 0) is 20.7 Å². The van der Waals surface area contributed by atoms with E-state index in [1.54, 1.807) is 12.1 Å². The second kappa shape index (κ2) is 9.19. The van der Waals surface area contributed by atoms with Gasteiger partial charge in [-0.25, -0.2) is 4.79 Å². The summed E-state index contributed by atoms with van der Waals surface area (Å²) < 4.78 is 4.57. The lowest BCUT2D eigenvalue weighted by atomic mass is 10.1. The van der Waals surface area contributed by atoms with Gasteiger partial charge in [0.05, 0.1) is 18.4 Å². The highest BCUT2D eigenvalue weighted by atomic mass is 16.5. The molecule has 0 aliphatic carbocycles. The molecule has 7 heteroatoms. The normalized spacial score (nSPS) is 9.96. The maximum Gasteiger partial charge on any atom is 0.337 e. The minimum Gasteiger partial charge on any atom is -0.506 e. The first-order chi connectivity index (χ1) is 12.9. The molecule has 3 N–H and O–H groups in total. The zero-order chi connectivity index (χ0) is 19.8. The van der Waals surface area contributed by atoms with Crippen LogP contribution in [0.15, 0.2) is 55.1 Å². The molecule has 140 valence electrons. The molecule has 2 amide bonds. The van der Waals surface area contributed by atoms with Crippen molar-refractivity contribution < 1.29 is 24.2 Å². The Bertz CT molecular complexity index is 859. The van der Waals surface area contributed by atoms with E-state index >= 15 is 0 Å². The number of rotatable bonds is 7. The van der Waals surface area contributed by atoms with Crippen molar-refractivity contribution in [2.75, 3.05) is 17.7 Å². The zero-order valence-corrected chi connectivity index (χ0v) is 14.8. The molecule has 0 radical (unpaired) electrons. The van der Waals surface area contributed by atoms with Crippen molar-refractivity contribution in [1.29, 1.82) is 0 Å². The van der Waals surface area contributed by atoms with Crippen LogP contribution in [0, 0.1) is 0 Å². The van der Waals surface area contributed by atoms with Gasteiger partial charge in [-0.2, -0.15) is 0 Å². The van der Waals surface area contributed by atoms with E-state index in [0.29, 0.717) is 12.1 Å². The van der Waals surface area contributed by atoms with Gasteiger partial charge in [-0.1, -0.05) is 18.7 Å². The minimum atomic E-state index is -0.573. The maximum absolute atomic E-state index is 12.1. The molecule has 27 heavy (non-hydrogen) atoms. The van der Waals surface area contributed by atoms with Crippen molar-refractivity contribution in [2.45, 2.75) is 12.8 Å². The molecule has 0 atom stereocenters. The molecular weight excluding hydrogens is 348 g/mol. The second-order valence-corrected chi connectivity index (χ2v) is 5.66. The Morgan fingerprint density at radius 1 is 1.11 bits per heavy atom. The molecule has 2 aromatic carbocycles. The predicted octanol–water partition coefficient (Wildman–Crippen LogP) is 2.87. The molecule has 0 aromatic heterocycles. The number of aryl methyl sites for hydroxylation is 1. The van der Waals surface area contributed by atoms with E-state index in [9.17, 15) is 19.5 Å². The molecule has 2 rings (SSSR count). The van der Waals surface area contributed by atoms with Gasteiger partial charge in [0.15, 0.2) is 0 Å². The Morgan fingerprint density at radius 2 is 1.81 bits per heavy atom. The predicted molar refractivity (Wildman–Crippen MR) is 102 cm³/mol. The summed E-state index contributed by atoms with van der Waals surface area (Å²) in [5.41, 5.74) is 1.97. The third-order valence-corrected chi connectivity index (χ3v) is 3.74. The van der Waals surface area contributed by atoms with E-state index in [2.05, 4.69) is 21.9 Å². The number of hydrogen-bond acceptors (Lipinski definition) is 5. The molecule has 0 fully saturated rings. The van der Waals surface area contributed by atoms with Crippen LogP contribution in [0.3, 0.4) is 0 Å². The number of aromatic hydroxyl groups is 1. The lowest BCUT2D eigenvalue weighted by Gasteiger charge is -2.09. The summed E-state index contributed by atoms with van der Waals surface area (Å²) in [5.74, 6) is -1.36. The molecule has 0 aliphatic heterocycles. The third kappa shape index (κ3) is 5.71. The summed E-state index contributed by atoms with van der Waals surface area (Å²) in [6.45, 7) is 3.38. The molecule has 0 spiro atoms. The summed E-state index contributed by atoms with van der Waals surface area (Å²) in [7, 11) is 1.25. The number of carbonyl (C=O) groups excluding carboxylic acids is 3. The number of phenolic OH excluding ortho intramolecular Hbond substituents is 1. The van der Waals surface area contributed by atoms with E-state index in [1.807, 2.05) is 12.1 Å². The molecule has 0 aliphatic rings. The molecule has 0 bridgehead atoms. The molecule has 0 unspecified atom stereocenters. The molecular formula is C20H20N2O5. The van der Waals surface area contributed by atoms with Gasteiger partial charge in [0.25, 0.3) is 0 Å². The summed E-state index contributed by atoms with van der Waals surface area (Å²) in [6.07, 6.45) is 1.88. The van der Waals surface area contributed by atoms with Crippen LogP contribution in [0.5, 0.6) is 5.75 Å². The fraction of sp³-hybridized carbons (Fsp3) is 0.150. The van der Waals surface area contributed by atoms with Crippen molar-refractivity contribution >= 4 is 29.2 Å². The topological polar surface area (TPSA) is 105 Å². The quantitative estimate of drug-likeness (QED) is 0.396. The van der Waals surface area contributed by atoms with Gasteiger partial charge in [-0.3, -0.25) is 9.59 Å². The van der Waals surface area contributed by atoms with Crippen molar-refractivity contribution in [2.24, 2.45) is 0 Å². The Morgan fingerprint density at radius 3 is 2.41 bits per heavy atom. The number of nitrogens with one attached hydrogen (secondary N) is 2. The van der Waals surface area contributed by atoms with E-state index in [4.69, 9.17) is 0 Å². The number of anilines is 2. The number of carbonyl (C=O) groups is 3. The first kappa shape index (κ1) is 19.7. The first-order valence-corrected chi connectivity index (χ1v) is 8.16. The Labute approximate surface area is 156 Å². The van der Waals surface area contributed by atoms with Gasteiger partial charge in [-0.05, 0) is 48.4 Å². The van der Waals surface area contributed by atoms with Crippen LogP contribution in [0.25, 0.3) is 0 Å². The fourth-order valence-corrected chi connectivity index (χ4v) is 2.30. The Hall–Kier alpha value is -3.61. The van der Waals surface area contributed by atoms with Crippen LogP contribution in [0.2, 0.25) is 0 Å². The van der Waals surface area contributed by atoms with Gasteiger partial charge in [0.2, 0.25) is 11.8 Å². The number of methoxy groups -OCH3 is 1. The number of ether oxygens (including phenoxy) is 1. The van der Waals surface area contributed by atoms with E-state index < -0.39 is 5.97 Å². The van der Waals surface area contributed by atoms with Crippen LogP contribution in [-0.4, -0.2) is 30.0 Å². The number of phenols is 1. The average Bonchev–Trinajstić information content (AvgIpc) is 2.68. The van der Waals surface area contributed by atoms with Gasteiger partial charge in [0, 0.05) is 12.1 Å². The van der Waals surface area contributed by atoms with Crippen LogP contribution in [0.1, 0.15) is 22.3 Å². The molecule has 7 nitrogen and oxygen atoms in total. The van der Waals surface area contributed by atoms with E-state index in [-0.39, 0.29) is 35.2 Å².